The Morgan fingerprint density at radius 2 is 1.58 bits per heavy atom. The zero-order chi connectivity index (χ0) is 16.9. The molecular weight excluding hydrogens is 302 g/mol. The van der Waals surface area contributed by atoms with Crippen LogP contribution in [0.2, 0.25) is 0 Å². The predicted molar refractivity (Wildman–Crippen MR) is 93.2 cm³/mol. The quantitative estimate of drug-likeness (QED) is 0.629. The van der Waals surface area contributed by atoms with Gasteiger partial charge >= 0.3 is 0 Å². The van der Waals surface area contributed by atoms with Gasteiger partial charge in [0.2, 0.25) is 6.04 Å². The Morgan fingerprint density at radius 1 is 0.958 bits per heavy atom. The van der Waals surface area contributed by atoms with E-state index in [1.165, 1.54) is 0 Å². The smallest absolute Gasteiger partial charge is 0.226 e. The van der Waals surface area contributed by atoms with Crippen molar-refractivity contribution in [2.24, 2.45) is 5.92 Å². The molecule has 0 amide bonds. The zero-order valence-corrected chi connectivity index (χ0v) is 13.2. The van der Waals surface area contributed by atoms with E-state index >= 15 is 0 Å². The molecule has 3 rings (SSSR count). The lowest BCUT2D eigenvalue weighted by molar-refractivity contribution is -0.535. The average molecular weight is 321 g/mol. The van der Waals surface area contributed by atoms with Crippen LogP contribution in [-0.2, 0) is 4.79 Å². The maximum Gasteiger partial charge on any atom is 0.226 e. The maximum absolute atomic E-state index is 12.2. The number of rotatable bonds is 4. The van der Waals surface area contributed by atoms with Gasteiger partial charge in [-0.15, -0.1) is 0 Å². The summed E-state index contributed by atoms with van der Waals surface area (Å²) in [7, 11) is 0. The fraction of sp³-hybridized carbons (Fsp3) is 0.250. The summed E-state index contributed by atoms with van der Waals surface area (Å²) in [5, 5.41) is 11.7. The number of hydrogen-bond donors (Lipinski definition) is 0. The SMILES string of the molecule is O=C1C[C@@H](/C=C/c2ccccc2)[C@@H]([N+](=O)[O-])[C@H](c2ccccc2)C1. The van der Waals surface area contributed by atoms with Crippen LogP contribution in [0, 0.1) is 16.0 Å². The molecule has 0 heterocycles. The lowest BCUT2D eigenvalue weighted by atomic mass is 9.73. The lowest BCUT2D eigenvalue weighted by Crippen LogP contribution is -2.40. The highest BCUT2D eigenvalue weighted by Crippen LogP contribution is 2.37. The van der Waals surface area contributed by atoms with E-state index in [1.54, 1.807) is 0 Å². The first-order valence-corrected chi connectivity index (χ1v) is 8.08. The van der Waals surface area contributed by atoms with Crippen molar-refractivity contribution in [3.63, 3.8) is 0 Å². The Kier molecular flexibility index (Phi) is 4.85. The zero-order valence-electron chi connectivity index (χ0n) is 13.2. The molecule has 4 heteroatoms. The van der Waals surface area contributed by atoms with Gasteiger partial charge in [-0.05, 0) is 11.1 Å². The second-order valence-corrected chi connectivity index (χ2v) is 6.17. The first-order chi connectivity index (χ1) is 11.6. The minimum absolute atomic E-state index is 0.0877. The molecule has 0 N–H and O–H groups in total. The molecule has 122 valence electrons. The third-order valence-corrected chi connectivity index (χ3v) is 4.57. The van der Waals surface area contributed by atoms with Crippen LogP contribution in [0.25, 0.3) is 6.08 Å². The van der Waals surface area contributed by atoms with Crippen LogP contribution in [-0.4, -0.2) is 16.7 Å². The van der Waals surface area contributed by atoms with Gasteiger partial charge in [0.1, 0.15) is 5.78 Å². The van der Waals surface area contributed by atoms with Crippen LogP contribution in [0.4, 0.5) is 0 Å². The molecule has 0 radical (unpaired) electrons. The molecule has 1 aliphatic rings. The second kappa shape index (κ2) is 7.21. The Labute approximate surface area is 141 Å². The van der Waals surface area contributed by atoms with Gasteiger partial charge in [0.25, 0.3) is 0 Å². The van der Waals surface area contributed by atoms with Crippen LogP contribution in [0.5, 0.6) is 0 Å². The molecule has 0 saturated heterocycles. The molecule has 24 heavy (non-hydrogen) atoms. The fourth-order valence-corrected chi connectivity index (χ4v) is 3.43. The van der Waals surface area contributed by atoms with E-state index in [-0.39, 0.29) is 35.4 Å². The molecule has 0 spiro atoms. The van der Waals surface area contributed by atoms with E-state index < -0.39 is 6.04 Å². The van der Waals surface area contributed by atoms with Gasteiger partial charge in [0.05, 0.1) is 11.8 Å². The third kappa shape index (κ3) is 3.59. The lowest BCUT2D eigenvalue weighted by Gasteiger charge is -2.30. The first-order valence-electron chi connectivity index (χ1n) is 8.08. The van der Waals surface area contributed by atoms with E-state index in [1.807, 2.05) is 72.8 Å². The van der Waals surface area contributed by atoms with Crippen molar-refractivity contribution in [2.45, 2.75) is 24.8 Å². The van der Waals surface area contributed by atoms with Crippen molar-refractivity contribution in [3.05, 3.63) is 88.0 Å². The molecule has 0 unspecified atom stereocenters. The minimum atomic E-state index is -0.773. The summed E-state index contributed by atoms with van der Waals surface area (Å²) in [5.74, 6) is -0.663. The number of carbonyl (C=O) groups excluding carboxylic acids is 1. The van der Waals surface area contributed by atoms with E-state index in [0.29, 0.717) is 0 Å². The third-order valence-electron chi connectivity index (χ3n) is 4.57. The highest BCUT2D eigenvalue weighted by molar-refractivity contribution is 5.81. The predicted octanol–water partition coefficient (Wildman–Crippen LogP) is 4.11. The van der Waals surface area contributed by atoms with E-state index in [0.717, 1.165) is 11.1 Å². The van der Waals surface area contributed by atoms with E-state index in [2.05, 4.69) is 0 Å². The van der Waals surface area contributed by atoms with Crippen molar-refractivity contribution in [2.75, 3.05) is 0 Å². The normalized spacial score (nSPS) is 24.2. The van der Waals surface area contributed by atoms with Crippen LogP contribution < -0.4 is 0 Å². The minimum Gasteiger partial charge on any atom is -0.300 e. The van der Waals surface area contributed by atoms with Crippen molar-refractivity contribution >= 4 is 11.9 Å². The van der Waals surface area contributed by atoms with E-state index in [4.69, 9.17) is 0 Å². The molecule has 4 nitrogen and oxygen atoms in total. The molecular formula is C20H19NO3. The summed E-state index contributed by atoms with van der Waals surface area (Å²) >= 11 is 0. The number of ketones is 1. The Morgan fingerprint density at radius 3 is 2.21 bits per heavy atom. The summed E-state index contributed by atoms with van der Waals surface area (Å²) < 4.78 is 0. The fourth-order valence-electron chi connectivity index (χ4n) is 3.43. The number of nitrogens with zero attached hydrogens (tertiary/aromatic N) is 1. The summed E-state index contributed by atoms with van der Waals surface area (Å²) in [6.45, 7) is 0. The highest BCUT2D eigenvalue weighted by atomic mass is 16.6. The molecule has 0 aliphatic heterocycles. The van der Waals surface area contributed by atoms with Gasteiger partial charge in [0, 0.05) is 17.8 Å². The van der Waals surface area contributed by atoms with Gasteiger partial charge in [-0.25, -0.2) is 0 Å². The van der Waals surface area contributed by atoms with Crippen LogP contribution >= 0.6 is 0 Å². The summed E-state index contributed by atoms with van der Waals surface area (Å²) in [4.78, 5) is 23.7. The number of Topliss-reactive ketones (excluding diaryl/α,β-unsaturated/α-hetero) is 1. The Bertz CT molecular complexity index is 740. The van der Waals surface area contributed by atoms with Crippen molar-refractivity contribution in [3.8, 4) is 0 Å². The van der Waals surface area contributed by atoms with Crippen molar-refractivity contribution in [1.29, 1.82) is 0 Å². The van der Waals surface area contributed by atoms with Crippen molar-refractivity contribution < 1.29 is 9.72 Å². The van der Waals surface area contributed by atoms with Gasteiger partial charge in [-0.3, -0.25) is 14.9 Å². The van der Waals surface area contributed by atoms with Gasteiger partial charge in [0.15, 0.2) is 0 Å². The standard InChI is InChI=1S/C20H19NO3/c22-18-13-17(12-11-15-7-3-1-4-8-15)20(21(23)24)19(14-18)16-9-5-2-6-10-16/h1-12,17,19-20H,13-14H2/b12-11+/t17-,19+,20-/m1/s1. The highest BCUT2D eigenvalue weighted by Gasteiger charge is 2.44. The molecule has 0 bridgehead atoms. The molecule has 1 saturated carbocycles. The van der Waals surface area contributed by atoms with Crippen LogP contribution in [0.15, 0.2) is 66.7 Å². The Balaban J connectivity index is 1.90. The van der Waals surface area contributed by atoms with Crippen LogP contribution in [0.3, 0.4) is 0 Å². The topological polar surface area (TPSA) is 60.2 Å². The second-order valence-electron chi connectivity index (χ2n) is 6.17. The largest absolute Gasteiger partial charge is 0.300 e. The molecule has 2 aromatic rings. The number of hydrogen-bond acceptors (Lipinski definition) is 3. The van der Waals surface area contributed by atoms with Gasteiger partial charge in [-0.1, -0.05) is 72.8 Å². The maximum atomic E-state index is 12.2. The molecule has 1 aliphatic carbocycles. The Hall–Kier alpha value is -2.75. The molecule has 0 aromatic heterocycles. The summed E-state index contributed by atoms with van der Waals surface area (Å²) in [6.07, 6.45) is 4.18. The molecule has 2 aromatic carbocycles. The number of nitro groups is 1. The van der Waals surface area contributed by atoms with Gasteiger partial charge < -0.3 is 0 Å². The van der Waals surface area contributed by atoms with Crippen LogP contribution in [0.1, 0.15) is 29.9 Å². The number of carbonyl (C=O) groups is 1. The number of benzene rings is 2. The van der Waals surface area contributed by atoms with Crippen molar-refractivity contribution in [1.82, 2.24) is 0 Å². The molecule has 3 atom stereocenters. The van der Waals surface area contributed by atoms with Gasteiger partial charge in [-0.2, -0.15) is 0 Å². The summed E-state index contributed by atoms with van der Waals surface area (Å²) in [6, 6.07) is 18.2. The summed E-state index contributed by atoms with van der Waals surface area (Å²) in [5.41, 5.74) is 1.85. The monoisotopic (exact) mass is 321 g/mol. The molecule has 1 fully saturated rings. The average Bonchev–Trinajstić information content (AvgIpc) is 2.60. The van der Waals surface area contributed by atoms with E-state index in [9.17, 15) is 14.9 Å². The first kappa shape index (κ1) is 16.1.